The third-order valence-corrected chi connectivity index (χ3v) is 3.84. The Morgan fingerprint density at radius 1 is 1.12 bits per heavy atom. The summed E-state index contributed by atoms with van der Waals surface area (Å²) in [6.45, 7) is 5.80. The van der Waals surface area contributed by atoms with Crippen LogP contribution >= 0.6 is 0 Å². The van der Waals surface area contributed by atoms with Gasteiger partial charge in [0.2, 0.25) is 11.6 Å². The van der Waals surface area contributed by atoms with Crippen molar-refractivity contribution in [2.24, 2.45) is 0 Å². The van der Waals surface area contributed by atoms with E-state index in [4.69, 9.17) is 4.42 Å². The molecule has 0 saturated carbocycles. The number of esters is 1. The van der Waals surface area contributed by atoms with E-state index in [9.17, 15) is 18.8 Å². The second-order valence-corrected chi connectivity index (χ2v) is 7.03. The second kappa shape index (κ2) is 7.64. The highest BCUT2D eigenvalue weighted by Gasteiger charge is 2.27. The van der Waals surface area contributed by atoms with Gasteiger partial charge < -0.3 is 9.15 Å². The van der Waals surface area contributed by atoms with Crippen LogP contribution < -0.4 is 0 Å². The molecular formula is C20H21FO5. The first kappa shape index (κ1) is 19.6. The van der Waals surface area contributed by atoms with E-state index in [2.05, 4.69) is 4.74 Å². The number of carbonyl (C=O) groups excluding carboxylic acids is 3. The lowest BCUT2D eigenvalue weighted by atomic mass is 9.92. The molecule has 2 aromatic rings. The first-order valence-electron chi connectivity index (χ1n) is 8.13. The zero-order valence-corrected chi connectivity index (χ0v) is 15.2. The Labute approximate surface area is 151 Å². The van der Waals surface area contributed by atoms with Gasteiger partial charge >= 0.3 is 5.97 Å². The monoisotopic (exact) mass is 360 g/mol. The molecule has 0 radical (unpaired) electrons. The lowest BCUT2D eigenvalue weighted by molar-refractivity contribution is -0.151. The zero-order chi connectivity index (χ0) is 19.5. The first-order valence-corrected chi connectivity index (χ1v) is 8.13. The number of methoxy groups -OCH3 is 1. The Morgan fingerprint density at radius 2 is 1.73 bits per heavy atom. The number of halogens is 1. The molecule has 0 spiro atoms. The Hall–Kier alpha value is -2.76. The standard InChI is InChI=1S/C20H21FO5/c1-20(2,3)17-10-13(9-12-5-7-14(21)8-6-12)18(26-17)15(22)11-16(23)19(24)25-4/h5-8,10H,9,11H2,1-4H3. The van der Waals surface area contributed by atoms with E-state index in [0.717, 1.165) is 12.7 Å². The molecule has 0 atom stereocenters. The molecule has 0 aliphatic carbocycles. The lowest BCUT2D eigenvalue weighted by Crippen LogP contribution is -2.19. The van der Waals surface area contributed by atoms with Gasteiger partial charge in [0.25, 0.3) is 0 Å². The number of carbonyl (C=O) groups is 3. The highest BCUT2D eigenvalue weighted by molar-refractivity contribution is 6.38. The van der Waals surface area contributed by atoms with Crippen LogP contribution in [-0.4, -0.2) is 24.6 Å². The van der Waals surface area contributed by atoms with Gasteiger partial charge in [-0.2, -0.15) is 0 Å². The Morgan fingerprint density at radius 3 is 2.27 bits per heavy atom. The number of furan rings is 1. The number of Topliss-reactive ketones (excluding diaryl/α,β-unsaturated/α-hetero) is 2. The largest absolute Gasteiger partial charge is 0.463 e. The lowest BCUT2D eigenvalue weighted by Gasteiger charge is -2.13. The second-order valence-electron chi connectivity index (χ2n) is 7.03. The van der Waals surface area contributed by atoms with E-state index >= 15 is 0 Å². The van der Waals surface area contributed by atoms with Crippen LogP contribution in [-0.2, 0) is 26.2 Å². The van der Waals surface area contributed by atoms with Crippen molar-refractivity contribution >= 4 is 17.5 Å². The number of ether oxygens (including phenoxy) is 1. The molecule has 5 nitrogen and oxygen atoms in total. The molecule has 1 heterocycles. The molecule has 26 heavy (non-hydrogen) atoms. The summed E-state index contributed by atoms with van der Waals surface area (Å²) in [6, 6.07) is 7.67. The summed E-state index contributed by atoms with van der Waals surface area (Å²) in [4.78, 5) is 35.4. The maximum atomic E-state index is 13.1. The minimum absolute atomic E-state index is 0.0384. The topological polar surface area (TPSA) is 73.6 Å². The van der Waals surface area contributed by atoms with Gasteiger partial charge in [-0.15, -0.1) is 0 Å². The molecule has 138 valence electrons. The summed E-state index contributed by atoms with van der Waals surface area (Å²) in [7, 11) is 1.08. The normalized spacial score (nSPS) is 11.3. The third-order valence-electron chi connectivity index (χ3n) is 3.84. The van der Waals surface area contributed by atoms with Crippen molar-refractivity contribution in [2.45, 2.75) is 39.0 Å². The molecule has 2 rings (SSSR count). The van der Waals surface area contributed by atoms with Crippen LogP contribution in [0.15, 0.2) is 34.7 Å². The number of benzene rings is 1. The van der Waals surface area contributed by atoms with Gasteiger partial charge in [-0.25, -0.2) is 9.18 Å². The summed E-state index contributed by atoms with van der Waals surface area (Å²) in [5, 5.41) is 0. The van der Waals surface area contributed by atoms with E-state index in [1.54, 1.807) is 18.2 Å². The SMILES string of the molecule is COC(=O)C(=O)CC(=O)c1oc(C(C)(C)C)cc1Cc1ccc(F)cc1. The van der Waals surface area contributed by atoms with Gasteiger partial charge in [0.1, 0.15) is 11.6 Å². The van der Waals surface area contributed by atoms with Crippen molar-refractivity contribution in [2.75, 3.05) is 7.11 Å². The minimum atomic E-state index is -1.07. The molecule has 0 aliphatic heterocycles. The molecule has 0 fully saturated rings. The van der Waals surface area contributed by atoms with Gasteiger partial charge in [-0.1, -0.05) is 32.9 Å². The molecule has 0 saturated heterocycles. The number of rotatable bonds is 6. The predicted octanol–water partition coefficient (Wildman–Crippen LogP) is 3.62. The number of ketones is 2. The fourth-order valence-corrected chi connectivity index (χ4v) is 2.40. The van der Waals surface area contributed by atoms with E-state index in [0.29, 0.717) is 17.7 Å². The minimum Gasteiger partial charge on any atom is -0.463 e. The van der Waals surface area contributed by atoms with Crippen molar-refractivity contribution in [3.8, 4) is 0 Å². The van der Waals surface area contributed by atoms with E-state index in [-0.39, 0.29) is 17.0 Å². The van der Waals surface area contributed by atoms with Crippen LogP contribution in [0.2, 0.25) is 0 Å². The van der Waals surface area contributed by atoms with E-state index in [1.165, 1.54) is 12.1 Å². The molecule has 0 N–H and O–H groups in total. The summed E-state index contributed by atoms with van der Waals surface area (Å²) < 4.78 is 23.2. The van der Waals surface area contributed by atoms with Crippen LogP contribution in [0.5, 0.6) is 0 Å². The molecular weight excluding hydrogens is 339 g/mol. The van der Waals surface area contributed by atoms with Gasteiger partial charge in [0, 0.05) is 17.4 Å². The van der Waals surface area contributed by atoms with Crippen molar-refractivity contribution in [3.63, 3.8) is 0 Å². The summed E-state index contributed by atoms with van der Waals surface area (Å²) in [5.41, 5.74) is 1.04. The zero-order valence-electron chi connectivity index (χ0n) is 15.2. The summed E-state index contributed by atoms with van der Waals surface area (Å²) in [6.07, 6.45) is -0.284. The fraction of sp³-hybridized carbons (Fsp3) is 0.350. The number of hydrogen-bond donors (Lipinski definition) is 0. The highest BCUT2D eigenvalue weighted by Crippen LogP contribution is 2.29. The van der Waals surface area contributed by atoms with E-state index in [1.807, 2.05) is 20.8 Å². The van der Waals surface area contributed by atoms with Crippen LogP contribution in [0.3, 0.4) is 0 Å². The van der Waals surface area contributed by atoms with Crippen molar-refractivity contribution in [1.82, 2.24) is 0 Å². The highest BCUT2D eigenvalue weighted by atomic mass is 19.1. The van der Waals surface area contributed by atoms with Crippen molar-refractivity contribution in [1.29, 1.82) is 0 Å². The predicted molar refractivity (Wildman–Crippen MR) is 92.6 cm³/mol. The first-order chi connectivity index (χ1) is 12.1. The maximum absolute atomic E-state index is 13.1. The van der Waals surface area contributed by atoms with Gasteiger partial charge in [0.05, 0.1) is 13.5 Å². The average molecular weight is 360 g/mol. The fourth-order valence-electron chi connectivity index (χ4n) is 2.40. The third kappa shape index (κ3) is 4.65. The van der Waals surface area contributed by atoms with Gasteiger partial charge in [0.15, 0.2) is 5.76 Å². The summed E-state index contributed by atoms with van der Waals surface area (Å²) >= 11 is 0. The molecule has 1 aromatic heterocycles. The smallest absolute Gasteiger partial charge is 0.374 e. The van der Waals surface area contributed by atoms with Crippen molar-refractivity contribution < 1.29 is 27.9 Å². The Kier molecular flexibility index (Phi) is 5.75. The number of hydrogen-bond acceptors (Lipinski definition) is 5. The van der Waals surface area contributed by atoms with Crippen LogP contribution in [0.1, 0.15) is 54.6 Å². The molecule has 0 aliphatic rings. The molecule has 1 aromatic carbocycles. The Bertz CT molecular complexity index is 825. The van der Waals surface area contributed by atoms with Gasteiger partial charge in [-0.3, -0.25) is 9.59 Å². The Balaban J connectivity index is 2.35. The van der Waals surface area contributed by atoms with Gasteiger partial charge in [-0.05, 0) is 23.8 Å². The molecule has 0 amide bonds. The quantitative estimate of drug-likeness (QED) is 0.340. The van der Waals surface area contributed by atoms with E-state index < -0.39 is 24.0 Å². The molecule has 0 bridgehead atoms. The molecule has 6 heteroatoms. The average Bonchev–Trinajstić information content (AvgIpc) is 3.00. The van der Waals surface area contributed by atoms with Crippen molar-refractivity contribution in [3.05, 3.63) is 58.8 Å². The summed E-state index contributed by atoms with van der Waals surface area (Å²) in [5.74, 6) is -2.32. The maximum Gasteiger partial charge on any atom is 0.374 e. The van der Waals surface area contributed by atoms with Crippen LogP contribution in [0.4, 0.5) is 4.39 Å². The van der Waals surface area contributed by atoms with Crippen LogP contribution in [0, 0.1) is 5.82 Å². The molecule has 0 unspecified atom stereocenters. The van der Waals surface area contributed by atoms with Crippen LogP contribution in [0.25, 0.3) is 0 Å².